The number of hydrogen-bond acceptors (Lipinski definition) is 6. The average Bonchev–Trinajstić information content (AvgIpc) is 3.22. The second-order valence-corrected chi connectivity index (χ2v) is 7.71. The predicted molar refractivity (Wildman–Crippen MR) is 121 cm³/mol. The lowest BCUT2D eigenvalue weighted by Crippen LogP contribution is -2.26. The van der Waals surface area contributed by atoms with Crippen molar-refractivity contribution in [3.63, 3.8) is 0 Å². The fourth-order valence-electron chi connectivity index (χ4n) is 3.31. The summed E-state index contributed by atoms with van der Waals surface area (Å²) in [6.07, 6.45) is 4.35. The first-order chi connectivity index (χ1) is 14.6. The van der Waals surface area contributed by atoms with Gasteiger partial charge < -0.3 is 14.6 Å². The SMILES string of the molecule is Cc1cc(N(CCCNc2ccnc3cc(Cl)ccc23)Cc2ccco2)nc(Cl)n1. The number of fused-ring (bicyclic) bond motifs is 1. The van der Waals surface area contributed by atoms with Crippen LogP contribution >= 0.6 is 23.2 Å². The zero-order valence-electron chi connectivity index (χ0n) is 16.5. The summed E-state index contributed by atoms with van der Waals surface area (Å²) in [6, 6.07) is 13.5. The van der Waals surface area contributed by atoms with Crippen LogP contribution in [0.2, 0.25) is 10.3 Å². The molecule has 0 saturated heterocycles. The van der Waals surface area contributed by atoms with Crippen molar-refractivity contribution in [3.8, 4) is 0 Å². The summed E-state index contributed by atoms with van der Waals surface area (Å²) in [5, 5.41) is 5.48. The van der Waals surface area contributed by atoms with E-state index in [1.54, 1.807) is 12.5 Å². The molecule has 0 unspecified atom stereocenters. The number of nitrogens with zero attached hydrogens (tertiary/aromatic N) is 4. The second kappa shape index (κ2) is 9.32. The number of hydrogen-bond donors (Lipinski definition) is 1. The van der Waals surface area contributed by atoms with Gasteiger partial charge in [-0.2, -0.15) is 0 Å². The highest BCUT2D eigenvalue weighted by atomic mass is 35.5. The van der Waals surface area contributed by atoms with Gasteiger partial charge in [0.25, 0.3) is 0 Å². The molecule has 4 rings (SSSR count). The van der Waals surface area contributed by atoms with Crippen LogP contribution in [0, 0.1) is 6.92 Å². The molecule has 0 spiro atoms. The predicted octanol–water partition coefficient (Wildman–Crippen LogP) is 5.74. The first-order valence-corrected chi connectivity index (χ1v) is 10.4. The zero-order chi connectivity index (χ0) is 20.9. The van der Waals surface area contributed by atoms with Gasteiger partial charge in [0.1, 0.15) is 11.6 Å². The van der Waals surface area contributed by atoms with Crippen LogP contribution in [0.25, 0.3) is 10.9 Å². The molecule has 0 aliphatic heterocycles. The van der Waals surface area contributed by atoms with E-state index in [1.165, 1.54) is 0 Å². The summed E-state index contributed by atoms with van der Waals surface area (Å²) in [5.41, 5.74) is 2.74. The smallest absolute Gasteiger partial charge is 0.224 e. The van der Waals surface area contributed by atoms with E-state index in [2.05, 4.69) is 25.2 Å². The van der Waals surface area contributed by atoms with Gasteiger partial charge in [0.05, 0.1) is 18.3 Å². The summed E-state index contributed by atoms with van der Waals surface area (Å²) in [6.45, 7) is 4.07. The van der Waals surface area contributed by atoms with Gasteiger partial charge >= 0.3 is 0 Å². The first kappa shape index (κ1) is 20.4. The first-order valence-electron chi connectivity index (χ1n) is 9.65. The quantitative estimate of drug-likeness (QED) is 0.277. The molecule has 4 aromatic rings. The minimum absolute atomic E-state index is 0.245. The number of nitrogens with one attached hydrogen (secondary N) is 1. The summed E-state index contributed by atoms with van der Waals surface area (Å²) >= 11 is 12.2. The lowest BCUT2D eigenvalue weighted by atomic mass is 10.2. The van der Waals surface area contributed by atoms with Crippen molar-refractivity contribution in [2.24, 2.45) is 0 Å². The van der Waals surface area contributed by atoms with Crippen LogP contribution in [0.15, 0.2) is 59.3 Å². The van der Waals surface area contributed by atoms with Gasteiger partial charge in [0.15, 0.2) is 0 Å². The van der Waals surface area contributed by atoms with Gasteiger partial charge in [-0.3, -0.25) is 4.98 Å². The summed E-state index contributed by atoms with van der Waals surface area (Å²) < 4.78 is 5.53. The molecule has 0 aliphatic carbocycles. The molecule has 0 aliphatic rings. The maximum Gasteiger partial charge on any atom is 0.224 e. The third-order valence-corrected chi connectivity index (χ3v) is 5.09. The number of halogens is 2. The topological polar surface area (TPSA) is 67.1 Å². The molecule has 0 bridgehead atoms. The molecular weight excluding hydrogens is 421 g/mol. The third-order valence-electron chi connectivity index (χ3n) is 4.69. The Bertz CT molecular complexity index is 1110. The van der Waals surface area contributed by atoms with E-state index >= 15 is 0 Å². The molecular formula is C22H21Cl2N5O. The van der Waals surface area contributed by atoms with Crippen molar-refractivity contribution in [1.29, 1.82) is 0 Å². The molecule has 0 radical (unpaired) electrons. The zero-order valence-corrected chi connectivity index (χ0v) is 18.0. The third kappa shape index (κ3) is 5.01. The fraction of sp³-hybridized carbons (Fsp3) is 0.227. The van der Waals surface area contributed by atoms with Crippen molar-refractivity contribution >= 4 is 45.6 Å². The molecule has 0 saturated carbocycles. The molecule has 6 nitrogen and oxygen atoms in total. The summed E-state index contributed by atoms with van der Waals surface area (Å²) in [4.78, 5) is 15.1. The number of aryl methyl sites for hydroxylation is 1. The molecule has 3 heterocycles. The number of benzene rings is 1. The van der Waals surface area contributed by atoms with E-state index in [1.807, 2.05) is 49.4 Å². The number of furan rings is 1. The Kier molecular flexibility index (Phi) is 6.35. The van der Waals surface area contributed by atoms with Crippen molar-refractivity contribution < 1.29 is 4.42 Å². The minimum atomic E-state index is 0.245. The Morgan fingerprint density at radius 2 is 2.00 bits per heavy atom. The number of rotatable bonds is 8. The standard InChI is InChI=1S/C22H21Cl2N5O/c1-15-12-21(28-22(24)27-15)29(14-17-4-2-11-30-17)10-3-8-25-19-7-9-26-20-13-16(23)5-6-18(19)20/h2,4-7,9,11-13H,3,8,10,14H2,1H3,(H,25,26). The molecule has 154 valence electrons. The second-order valence-electron chi connectivity index (χ2n) is 6.94. The van der Waals surface area contributed by atoms with Gasteiger partial charge in [-0.15, -0.1) is 0 Å². The van der Waals surface area contributed by atoms with Crippen LogP contribution in [0.5, 0.6) is 0 Å². The maximum absolute atomic E-state index is 6.08. The Balaban J connectivity index is 1.44. The van der Waals surface area contributed by atoms with Crippen LogP contribution in [-0.2, 0) is 6.54 Å². The van der Waals surface area contributed by atoms with Crippen molar-refractivity contribution in [2.45, 2.75) is 19.9 Å². The van der Waals surface area contributed by atoms with E-state index in [0.717, 1.165) is 53.4 Å². The molecule has 1 N–H and O–H groups in total. The van der Waals surface area contributed by atoms with E-state index < -0.39 is 0 Å². The van der Waals surface area contributed by atoms with Crippen LogP contribution in [-0.4, -0.2) is 28.0 Å². The lowest BCUT2D eigenvalue weighted by Gasteiger charge is -2.23. The Hall–Kier alpha value is -2.83. The number of anilines is 2. The monoisotopic (exact) mass is 441 g/mol. The lowest BCUT2D eigenvalue weighted by molar-refractivity contribution is 0.500. The number of pyridine rings is 1. The van der Waals surface area contributed by atoms with Gasteiger partial charge in [-0.1, -0.05) is 11.6 Å². The summed E-state index contributed by atoms with van der Waals surface area (Å²) in [5.74, 6) is 1.65. The van der Waals surface area contributed by atoms with Gasteiger partial charge in [-0.05, 0) is 61.3 Å². The van der Waals surface area contributed by atoms with E-state index in [0.29, 0.717) is 11.6 Å². The Morgan fingerprint density at radius 3 is 2.80 bits per heavy atom. The van der Waals surface area contributed by atoms with Crippen LogP contribution in [0.4, 0.5) is 11.5 Å². The van der Waals surface area contributed by atoms with Crippen LogP contribution < -0.4 is 10.2 Å². The average molecular weight is 442 g/mol. The summed E-state index contributed by atoms with van der Waals surface area (Å²) in [7, 11) is 0. The largest absolute Gasteiger partial charge is 0.467 e. The van der Waals surface area contributed by atoms with E-state index in [9.17, 15) is 0 Å². The number of aromatic nitrogens is 3. The molecule has 0 fully saturated rings. The highest BCUT2D eigenvalue weighted by molar-refractivity contribution is 6.31. The minimum Gasteiger partial charge on any atom is -0.467 e. The van der Waals surface area contributed by atoms with Crippen molar-refractivity contribution in [1.82, 2.24) is 15.0 Å². The van der Waals surface area contributed by atoms with E-state index in [-0.39, 0.29) is 5.28 Å². The maximum atomic E-state index is 6.08. The molecule has 0 amide bonds. The fourth-order valence-corrected chi connectivity index (χ4v) is 3.70. The van der Waals surface area contributed by atoms with E-state index in [4.69, 9.17) is 27.6 Å². The highest BCUT2D eigenvalue weighted by Crippen LogP contribution is 2.24. The molecule has 0 atom stereocenters. The van der Waals surface area contributed by atoms with Crippen LogP contribution in [0.3, 0.4) is 0 Å². The Labute approximate surface area is 184 Å². The molecule has 30 heavy (non-hydrogen) atoms. The molecule has 1 aromatic carbocycles. The van der Waals surface area contributed by atoms with Gasteiger partial charge in [0.2, 0.25) is 5.28 Å². The Morgan fingerprint density at radius 1 is 1.10 bits per heavy atom. The molecule has 8 heteroatoms. The van der Waals surface area contributed by atoms with Crippen molar-refractivity contribution in [2.75, 3.05) is 23.3 Å². The van der Waals surface area contributed by atoms with Gasteiger partial charge in [-0.25, -0.2) is 9.97 Å². The molecule has 3 aromatic heterocycles. The van der Waals surface area contributed by atoms with Crippen molar-refractivity contribution in [3.05, 3.63) is 76.7 Å². The van der Waals surface area contributed by atoms with Crippen LogP contribution in [0.1, 0.15) is 17.9 Å². The highest BCUT2D eigenvalue weighted by Gasteiger charge is 2.13. The normalized spacial score (nSPS) is 11.0. The van der Waals surface area contributed by atoms with Gasteiger partial charge in [0, 0.05) is 47.1 Å².